The van der Waals surface area contributed by atoms with Crippen LogP contribution < -0.4 is 0 Å². The third kappa shape index (κ3) is 3.59. The standard InChI is InChI=1S/C13H16O3S2/c1-18(15,16)8-4-6-11(14)13-9-10-5-2-3-7-12(10)17-13/h2-3,5,7,13H,4,6,8-9H2,1H3. The smallest absolute Gasteiger partial charge is 0.147 e. The molecule has 2 rings (SSSR count). The van der Waals surface area contributed by atoms with Crippen molar-refractivity contribution in [1.29, 1.82) is 0 Å². The molecule has 5 heteroatoms. The predicted octanol–water partition coefficient (Wildman–Crippen LogP) is 2.10. The second kappa shape index (κ2) is 5.45. The lowest BCUT2D eigenvalue weighted by Gasteiger charge is -2.06. The molecule has 0 spiro atoms. The number of fused-ring (bicyclic) bond motifs is 1. The van der Waals surface area contributed by atoms with Crippen LogP contribution in [0.4, 0.5) is 0 Å². The monoisotopic (exact) mass is 284 g/mol. The minimum Gasteiger partial charge on any atom is -0.298 e. The van der Waals surface area contributed by atoms with Crippen LogP contribution in [-0.2, 0) is 21.1 Å². The van der Waals surface area contributed by atoms with Crippen molar-refractivity contribution in [3.05, 3.63) is 29.8 Å². The van der Waals surface area contributed by atoms with E-state index in [9.17, 15) is 13.2 Å². The van der Waals surface area contributed by atoms with Crippen LogP contribution in [-0.4, -0.2) is 31.5 Å². The topological polar surface area (TPSA) is 51.2 Å². The van der Waals surface area contributed by atoms with Crippen molar-refractivity contribution in [3.63, 3.8) is 0 Å². The first-order chi connectivity index (χ1) is 8.46. The molecule has 1 aliphatic heterocycles. The number of Topliss-reactive ketones (excluding diaryl/α,β-unsaturated/α-hetero) is 1. The van der Waals surface area contributed by atoms with Gasteiger partial charge in [-0.25, -0.2) is 8.42 Å². The summed E-state index contributed by atoms with van der Waals surface area (Å²) in [5.41, 5.74) is 1.23. The molecule has 0 saturated heterocycles. The first-order valence-corrected chi connectivity index (χ1v) is 8.85. The molecule has 1 heterocycles. The summed E-state index contributed by atoms with van der Waals surface area (Å²) in [7, 11) is -2.96. The van der Waals surface area contributed by atoms with Gasteiger partial charge in [0.15, 0.2) is 0 Å². The second-order valence-corrected chi connectivity index (χ2v) is 8.12. The first-order valence-electron chi connectivity index (χ1n) is 5.91. The molecule has 1 atom stereocenters. The number of hydrogen-bond acceptors (Lipinski definition) is 4. The quantitative estimate of drug-likeness (QED) is 0.831. The van der Waals surface area contributed by atoms with Crippen molar-refractivity contribution >= 4 is 27.4 Å². The van der Waals surface area contributed by atoms with Crippen LogP contribution in [0.5, 0.6) is 0 Å². The summed E-state index contributed by atoms with van der Waals surface area (Å²) >= 11 is 1.60. The minimum absolute atomic E-state index is 0.0260. The molecule has 1 unspecified atom stereocenters. The fourth-order valence-corrected chi connectivity index (χ4v) is 3.98. The number of rotatable bonds is 5. The highest BCUT2D eigenvalue weighted by Gasteiger charge is 2.27. The van der Waals surface area contributed by atoms with E-state index in [2.05, 4.69) is 0 Å². The van der Waals surface area contributed by atoms with Crippen LogP contribution in [0.25, 0.3) is 0 Å². The Kier molecular flexibility index (Phi) is 4.12. The molecule has 0 amide bonds. The molecule has 1 aromatic carbocycles. The Hall–Kier alpha value is -0.810. The Labute approximate surface area is 112 Å². The highest BCUT2D eigenvalue weighted by atomic mass is 32.2. The first kappa shape index (κ1) is 13.6. The molecular formula is C13H16O3S2. The van der Waals surface area contributed by atoms with Gasteiger partial charge in [-0.2, -0.15) is 0 Å². The Bertz CT molecular complexity index is 524. The molecule has 1 aromatic rings. The molecule has 18 heavy (non-hydrogen) atoms. The predicted molar refractivity (Wildman–Crippen MR) is 73.7 cm³/mol. The van der Waals surface area contributed by atoms with Crippen molar-refractivity contribution in [2.75, 3.05) is 12.0 Å². The Morgan fingerprint density at radius 1 is 1.39 bits per heavy atom. The van der Waals surface area contributed by atoms with Crippen LogP contribution in [0.2, 0.25) is 0 Å². The number of hydrogen-bond donors (Lipinski definition) is 0. The maximum atomic E-state index is 12.0. The second-order valence-electron chi connectivity index (χ2n) is 4.62. The molecule has 0 fully saturated rings. The van der Waals surface area contributed by atoms with E-state index in [1.165, 1.54) is 16.7 Å². The van der Waals surface area contributed by atoms with Crippen LogP contribution in [0, 0.1) is 0 Å². The fraction of sp³-hybridized carbons (Fsp3) is 0.462. The van der Waals surface area contributed by atoms with Gasteiger partial charge >= 0.3 is 0 Å². The molecular weight excluding hydrogens is 268 g/mol. The van der Waals surface area contributed by atoms with Gasteiger partial charge in [0, 0.05) is 17.6 Å². The summed E-state index contributed by atoms with van der Waals surface area (Å²) in [6, 6.07) is 8.04. The number of carbonyl (C=O) groups excluding carboxylic acids is 1. The van der Waals surface area contributed by atoms with E-state index in [-0.39, 0.29) is 16.8 Å². The van der Waals surface area contributed by atoms with E-state index in [1.54, 1.807) is 11.8 Å². The van der Waals surface area contributed by atoms with Crippen molar-refractivity contribution in [3.8, 4) is 0 Å². The number of sulfone groups is 1. The average Bonchev–Trinajstić information content (AvgIpc) is 2.70. The number of carbonyl (C=O) groups is 1. The van der Waals surface area contributed by atoms with Gasteiger partial charge in [-0.15, -0.1) is 11.8 Å². The van der Waals surface area contributed by atoms with Gasteiger partial charge in [0.25, 0.3) is 0 Å². The van der Waals surface area contributed by atoms with E-state index in [0.717, 1.165) is 6.42 Å². The SMILES string of the molecule is CS(=O)(=O)CCCC(=O)C1Cc2ccccc2S1. The molecule has 0 N–H and O–H groups in total. The summed E-state index contributed by atoms with van der Waals surface area (Å²) in [6.45, 7) is 0. The van der Waals surface area contributed by atoms with E-state index in [0.29, 0.717) is 12.8 Å². The number of ketones is 1. The molecule has 1 aliphatic rings. The van der Waals surface area contributed by atoms with E-state index in [4.69, 9.17) is 0 Å². The van der Waals surface area contributed by atoms with Crippen molar-refractivity contribution in [1.82, 2.24) is 0 Å². The van der Waals surface area contributed by atoms with Gasteiger partial charge in [-0.05, 0) is 24.5 Å². The molecule has 0 aromatic heterocycles. The summed E-state index contributed by atoms with van der Waals surface area (Å²) in [4.78, 5) is 13.2. The summed E-state index contributed by atoms with van der Waals surface area (Å²) in [5.74, 6) is 0.267. The molecule has 0 bridgehead atoms. The molecule has 0 radical (unpaired) electrons. The number of benzene rings is 1. The van der Waals surface area contributed by atoms with Crippen LogP contribution >= 0.6 is 11.8 Å². The van der Waals surface area contributed by atoms with Gasteiger partial charge in [0.05, 0.1) is 11.0 Å². The zero-order chi connectivity index (χ0) is 13.2. The highest BCUT2D eigenvalue weighted by Crippen LogP contribution is 2.37. The largest absolute Gasteiger partial charge is 0.298 e. The van der Waals surface area contributed by atoms with Gasteiger partial charge in [-0.1, -0.05) is 18.2 Å². The van der Waals surface area contributed by atoms with E-state index in [1.807, 2.05) is 24.3 Å². The van der Waals surface area contributed by atoms with Crippen LogP contribution in [0.1, 0.15) is 18.4 Å². The third-order valence-electron chi connectivity index (χ3n) is 2.94. The summed E-state index contributed by atoms with van der Waals surface area (Å²) in [6.07, 6.45) is 2.78. The fourth-order valence-electron chi connectivity index (χ4n) is 2.03. The summed E-state index contributed by atoms with van der Waals surface area (Å²) < 4.78 is 22.0. The lowest BCUT2D eigenvalue weighted by atomic mass is 10.1. The highest BCUT2D eigenvalue weighted by molar-refractivity contribution is 8.01. The normalized spacial score (nSPS) is 18.6. The Balaban J connectivity index is 1.86. The van der Waals surface area contributed by atoms with Crippen LogP contribution in [0.15, 0.2) is 29.2 Å². The lowest BCUT2D eigenvalue weighted by molar-refractivity contribution is -0.118. The van der Waals surface area contributed by atoms with Gasteiger partial charge in [0.2, 0.25) is 0 Å². The zero-order valence-corrected chi connectivity index (χ0v) is 11.9. The third-order valence-corrected chi connectivity index (χ3v) is 5.34. The van der Waals surface area contributed by atoms with E-state index < -0.39 is 9.84 Å². The summed E-state index contributed by atoms with van der Waals surface area (Å²) in [5, 5.41) is -0.0260. The van der Waals surface area contributed by atoms with Crippen molar-refractivity contribution < 1.29 is 13.2 Å². The van der Waals surface area contributed by atoms with E-state index >= 15 is 0 Å². The molecule has 0 aliphatic carbocycles. The average molecular weight is 284 g/mol. The Morgan fingerprint density at radius 3 is 2.78 bits per heavy atom. The molecule has 3 nitrogen and oxygen atoms in total. The molecule has 0 saturated carbocycles. The lowest BCUT2D eigenvalue weighted by Crippen LogP contribution is -2.17. The maximum absolute atomic E-state index is 12.0. The maximum Gasteiger partial charge on any atom is 0.147 e. The molecule has 98 valence electrons. The van der Waals surface area contributed by atoms with Crippen molar-refractivity contribution in [2.24, 2.45) is 0 Å². The minimum atomic E-state index is -2.96. The van der Waals surface area contributed by atoms with Crippen LogP contribution in [0.3, 0.4) is 0 Å². The van der Waals surface area contributed by atoms with Gasteiger partial charge < -0.3 is 0 Å². The van der Waals surface area contributed by atoms with Gasteiger partial charge in [0.1, 0.15) is 15.6 Å². The van der Waals surface area contributed by atoms with Gasteiger partial charge in [-0.3, -0.25) is 4.79 Å². The zero-order valence-electron chi connectivity index (χ0n) is 10.3. The number of thioether (sulfide) groups is 1. The van der Waals surface area contributed by atoms with Crippen molar-refractivity contribution in [2.45, 2.75) is 29.4 Å². The Morgan fingerprint density at radius 2 is 2.11 bits per heavy atom.